The second kappa shape index (κ2) is 14.6. The number of hydrogen-bond donors (Lipinski definition) is 1. The number of ether oxygens (including phenoxy) is 2. The van der Waals surface area contributed by atoms with E-state index >= 15 is 0 Å². The maximum absolute atomic E-state index is 6.25. The lowest BCUT2D eigenvalue weighted by atomic mass is 9.94. The fraction of sp³-hybridized carbons (Fsp3) is 0.545. The molecule has 40 heavy (non-hydrogen) atoms. The summed E-state index contributed by atoms with van der Waals surface area (Å²) in [6, 6.07) is 6.21. The molecule has 2 aromatic rings. The number of benzene rings is 1. The molecule has 2 fully saturated rings. The summed E-state index contributed by atoms with van der Waals surface area (Å²) in [6.07, 6.45) is 19.1. The van der Waals surface area contributed by atoms with Crippen LogP contribution in [0.25, 0.3) is 0 Å². The zero-order chi connectivity index (χ0) is 27.6. The van der Waals surface area contributed by atoms with Gasteiger partial charge in [-0.3, -0.25) is 4.90 Å². The number of anilines is 3. The lowest BCUT2D eigenvalue weighted by Crippen LogP contribution is -2.34. The molecule has 1 aromatic heterocycles. The number of rotatable bonds is 15. The van der Waals surface area contributed by atoms with Crippen molar-refractivity contribution in [3.05, 3.63) is 65.7 Å². The van der Waals surface area contributed by atoms with Crippen LogP contribution >= 0.6 is 0 Å². The Balaban J connectivity index is 0.00000387. The number of likely N-dealkylation sites (tertiary alicyclic amines) is 1. The number of hydrogen-bond acceptors (Lipinski definition) is 7. The summed E-state index contributed by atoms with van der Waals surface area (Å²) in [7, 11) is 0. The largest absolute Gasteiger partial charge is 0.492 e. The second-order valence-corrected chi connectivity index (χ2v) is 11.3. The molecule has 7 nitrogen and oxygen atoms in total. The van der Waals surface area contributed by atoms with E-state index in [1.54, 1.807) is 0 Å². The van der Waals surface area contributed by atoms with Gasteiger partial charge in [0, 0.05) is 50.5 Å². The summed E-state index contributed by atoms with van der Waals surface area (Å²) < 4.78 is 12.3. The Hall–Kier alpha value is -2.90. The molecule has 0 spiro atoms. The summed E-state index contributed by atoms with van der Waals surface area (Å²) in [5.41, 5.74) is 4.55. The highest BCUT2D eigenvalue weighted by molar-refractivity contribution is 5.59. The van der Waals surface area contributed by atoms with E-state index in [0.717, 1.165) is 66.8 Å². The fourth-order valence-electron chi connectivity index (χ4n) is 5.60. The SMILES string of the molecule is CCC1CCN(c2nc(Nc3ccc(OCCN4CCCC4)c(COC/C=C/CCC4=C[CH]4)c3)ncc2C)CC1.[HH]. The van der Waals surface area contributed by atoms with Gasteiger partial charge < -0.3 is 19.7 Å². The van der Waals surface area contributed by atoms with Gasteiger partial charge in [-0.25, -0.2) is 4.98 Å². The molecule has 3 aliphatic rings. The summed E-state index contributed by atoms with van der Waals surface area (Å²) >= 11 is 0. The highest BCUT2D eigenvalue weighted by atomic mass is 16.5. The molecule has 7 heteroatoms. The Labute approximate surface area is 242 Å². The Kier molecular flexibility index (Phi) is 10.5. The van der Waals surface area contributed by atoms with Crippen molar-refractivity contribution in [2.75, 3.05) is 56.2 Å². The van der Waals surface area contributed by atoms with E-state index in [1.807, 2.05) is 18.3 Å². The van der Waals surface area contributed by atoms with Crippen molar-refractivity contribution in [2.24, 2.45) is 5.92 Å². The summed E-state index contributed by atoms with van der Waals surface area (Å²) in [6.45, 7) is 11.6. The Morgan fingerprint density at radius 3 is 2.73 bits per heavy atom. The van der Waals surface area contributed by atoms with Gasteiger partial charge in [0.05, 0.1) is 13.2 Å². The number of aromatic nitrogens is 2. The van der Waals surface area contributed by atoms with Gasteiger partial charge in [-0.1, -0.05) is 37.1 Å². The Morgan fingerprint density at radius 1 is 1.12 bits per heavy atom. The van der Waals surface area contributed by atoms with Gasteiger partial charge in [-0.05, 0) is 82.7 Å². The zero-order valence-corrected chi connectivity index (χ0v) is 24.4. The smallest absolute Gasteiger partial charge is 0.229 e. The first kappa shape index (κ1) is 28.6. The van der Waals surface area contributed by atoms with E-state index in [-0.39, 0.29) is 1.43 Å². The lowest BCUT2D eigenvalue weighted by molar-refractivity contribution is 0.144. The van der Waals surface area contributed by atoms with Gasteiger partial charge in [0.25, 0.3) is 0 Å². The molecule has 1 aromatic carbocycles. The molecule has 0 bridgehead atoms. The highest BCUT2D eigenvalue weighted by Gasteiger charge is 2.21. The first-order valence-electron chi connectivity index (χ1n) is 15.3. The minimum atomic E-state index is 0. The van der Waals surface area contributed by atoms with Gasteiger partial charge in [-0.15, -0.1) is 0 Å². The second-order valence-electron chi connectivity index (χ2n) is 11.3. The molecule has 0 saturated carbocycles. The zero-order valence-electron chi connectivity index (χ0n) is 24.4. The van der Waals surface area contributed by atoms with Gasteiger partial charge >= 0.3 is 0 Å². The van der Waals surface area contributed by atoms with Crippen molar-refractivity contribution in [1.82, 2.24) is 14.9 Å². The average molecular weight is 547 g/mol. The van der Waals surface area contributed by atoms with Crippen LogP contribution in [0.5, 0.6) is 5.75 Å². The third kappa shape index (κ3) is 8.55. The van der Waals surface area contributed by atoms with E-state index in [4.69, 9.17) is 14.5 Å². The van der Waals surface area contributed by atoms with E-state index < -0.39 is 0 Å². The standard InChI is InChI=1S/C33H46N5O2.H2/c1-3-27-14-18-38(19-15-27)32-26(2)24-34-33(36-32)35-30-12-13-31(40-22-20-37-16-6-7-17-37)29(23-30)25-39-21-8-4-5-9-28-10-11-28;/h4,8,10-13,23-24,27H,3,5-7,9,14-22,25H2,1-2H3,(H,34,35,36);1H/b8-4+;. The molecule has 1 aliphatic carbocycles. The molecule has 2 aliphatic heterocycles. The Morgan fingerprint density at radius 2 is 1.95 bits per heavy atom. The molecular formula is C33H48N5O2. The van der Waals surface area contributed by atoms with Crippen LogP contribution in [0, 0.1) is 19.3 Å². The quantitative estimate of drug-likeness (QED) is 0.193. The highest BCUT2D eigenvalue weighted by Crippen LogP contribution is 2.29. The van der Waals surface area contributed by atoms with Gasteiger partial charge in [0.15, 0.2) is 0 Å². The predicted molar refractivity (Wildman–Crippen MR) is 165 cm³/mol. The van der Waals surface area contributed by atoms with Crippen molar-refractivity contribution in [3.8, 4) is 5.75 Å². The van der Waals surface area contributed by atoms with Crippen LogP contribution in [0.4, 0.5) is 17.5 Å². The summed E-state index contributed by atoms with van der Waals surface area (Å²) in [4.78, 5) is 14.4. The normalized spacial score (nSPS) is 17.9. The minimum absolute atomic E-state index is 0. The number of allylic oxidation sites excluding steroid dienone is 3. The first-order chi connectivity index (χ1) is 19.7. The van der Waals surface area contributed by atoms with Crippen LogP contribution in [-0.4, -0.2) is 60.8 Å². The van der Waals surface area contributed by atoms with E-state index in [2.05, 4.69) is 64.7 Å². The van der Waals surface area contributed by atoms with Crippen LogP contribution in [0.3, 0.4) is 0 Å². The predicted octanol–water partition coefficient (Wildman–Crippen LogP) is 6.87. The minimum Gasteiger partial charge on any atom is -0.492 e. The summed E-state index contributed by atoms with van der Waals surface area (Å²) in [5.74, 6) is 3.38. The van der Waals surface area contributed by atoms with Gasteiger partial charge in [0.2, 0.25) is 5.95 Å². The molecular weight excluding hydrogens is 498 g/mol. The van der Waals surface area contributed by atoms with Crippen LogP contribution in [0.2, 0.25) is 0 Å². The molecule has 0 amide bonds. The van der Waals surface area contributed by atoms with Crippen molar-refractivity contribution >= 4 is 17.5 Å². The number of piperidine rings is 1. The molecule has 1 N–H and O–H groups in total. The van der Waals surface area contributed by atoms with Crippen LogP contribution < -0.4 is 15.0 Å². The molecule has 0 atom stereocenters. The van der Waals surface area contributed by atoms with E-state index in [1.165, 1.54) is 50.8 Å². The molecule has 3 heterocycles. The fourth-order valence-corrected chi connectivity index (χ4v) is 5.60. The maximum atomic E-state index is 6.25. The molecule has 5 rings (SSSR count). The average Bonchev–Trinajstić information content (AvgIpc) is 3.66. The Bertz CT molecular complexity index is 1160. The maximum Gasteiger partial charge on any atom is 0.229 e. The lowest BCUT2D eigenvalue weighted by Gasteiger charge is -2.33. The van der Waals surface area contributed by atoms with Gasteiger partial charge in [-0.2, -0.15) is 4.98 Å². The third-order valence-corrected chi connectivity index (χ3v) is 8.26. The van der Waals surface area contributed by atoms with E-state index in [0.29, 0.717) is 25.8 Å². The first-order valence-corrected chi connectivity index (χ1v) is 15.3. The third-order valence-electron chi connectivity index (χ3n) is 8.26. The van der Waals surface area contributed by atoms with Crippen molar-refractivity contribution in [2.45, 2.75) is 65.4 Å². The summed E-state index contributed by atoms with van der Waals surface area (Å²) in [5, 5.41) is 3.44. The topological polar surface area (TPSA) is 62.8 Å². The number of aryl methyl sites for hydroxylation is 1. The molecule has 217 valence electrons. The van der Waals surface area contributed by atoms with Crippen molar-refractivity contribution in [1.29, 1.82) is 0 Å². The molecule has 0 unspecified atom stereocenters. The van der Waals surface area contributed by atoms with Gasteiger partial charge in [0.1, 0.15) is 18.2 Å². The number of nitrogens with zero attached hydrogens (tertiary/aromatic N) is 4. The van der Waals surface area contributed by atoms with Crippen LogP contribution in [0.15, 0.2) is 48.2 Å². The molecule has 2 saturated heterocycles. The van der Waals surface area contributed by atoms with Crippen LogP contribution in [-0.2, 0) is 11.3 Å². The van der Waals surface area contributed by atoms with Crippen molar-refractivity contribution < 1.29 is 10.9 Å². The number of nitrogens with one attached hydrogen (secondary N) is 1. The monoisotopic (exact) mass is 546 g/mol. The van der Waals surface area contributed by atoms with Crippen molar-refractivity contribution in [3.63, 3.8) is 0 Å². The molecule has 1 radical (unpaired) electrons. The van der Waals surface area contributed by atoms with Crippen LogP contribution in [0.1, 0.15) is 64.4 Å². The van der Waals surface area contributed by atoms with E-state index in [9.17, 15) is 0 Å².